The largest absolute Gasteiger partial charge is 0.374 e. The van der Waals surface area contributed by atoms with Crippen LogP contribution in [0.15, 0.2) is 0 Å². The van der Waals surface area contributed by atoms with Crippen molar-refractivity contribution in [3.63, 3.8) is 0 Å². The minimum Gasteiger partial charge on any atom is -0.374 e. The SMILES string of the molecule is CC1CCN(C(CN)C2CCC(C)O2)CC1. The van der Waals surface area contributed by atoms with Crippen molar-refractivity contribution in [1.29, 1.82) is 0 Å². The van der Waals surface area contributed by atoms with Crippen molar-refractivity contribution < 1.29 is 4.74 Å². The number of piperidine rings is 1. The zero-order valence-electron chi connectivity index (χ0n) is 10.7. The van der Waals surface area contributed by atoms with Crippen LogP contribution in [-0.2, 0) is 4.74 Å². The molecule has 0 aromatic carbocycles. The molecular formula is C13H26N2O. The highest BCUT2D eigenvalue weighted by Gasteiger charge is 2.33. The third-order valence-corrected chi connectivity index (χ3v) is 4.22. The predicted octanol–water partition coefficient (Wildman–Crippen LogP) is 1.61. The van der Waals surface area contributed by atoms with Gasteiger partial charge in [0.1, 0.15) is 0 Å². The number of nitrogens with two attached hydrogens (primary N) is 1. The van der Waals surface area contributed by atoms with Crippen LogP contribution in [-0.4, -0.2) is 42.8 Å². The number of likely N-dealkylation sites (tertiary alicyclic amines) is 1. The number of rotatable bonds is 3. The van der Waals surface area contributed by atoms with Crippen LogP contribution in [0, 0.1) is 5.92 Å². The van der Waals surface area contributed by atoms with Crippen LogP contribution in [0.3, 0.4) is 0 Å². The molecule has 3 nitrogen and oxygen atoms in total. The third-order valence-electron chi connectivity index (χ3n) is 4.22. The van der Waals surface area contributed by atoms with E-state index in [0.717, 1.165) is 12.5 Å². The van der Waals surface area contributed by atoms with Crippen molar-refractivity contribution in [2.75, 3.05) is 19.6 Å². The van der Waals surface area contributed by atoms with Gasteiger partial charge >= 0.3 is 0 Å². The van der Waals surface area contributed by atoms with E-state index in [-0.39, 0.29) is 0 Å². The molecule has 2 aliphatic heterocycles. The van der Waals surface area contributed by atoms with Gasteiger partial charge in [0.05, 0.1) is 12.2 Å². The van der Waals surface area contributed by atoms with Gasteiger partial charge in [-0.2, -0.15) is 0 Å². The molecule has 94 valence electrons. The standard InChI is InChI=1S/C13H26N2O/c1-10-5-7-15(8-6-10)12(9-14)13-4-3-11(2)16-13/h10-13H,3-9,14H2,1-2H3. The molecule has 16 heavy (non-hydrogen) atoms. The monoisotopic (exact) mass is 226 g/mol. The van der Waals surface area contributed by atoms with Crippen molar-refractivity contribution >= 4 is 0 Å². The zero-order chi connectivity index (χ0) is 11.5. The molecule has 2 saturated heterocycles. The van der Waals surface area contributed by atoms with Gasteiger partial charge < -0.3 is 10.5 Å². The first-order valence-electron chi connectivity index (χ1n) is 6.80. The first-order valence-corrected chi connectivity index (χ1v) is 6.80. The van der Waals surface area contributed by atoms with Gasteiger partial charge in [-0.25, -0.2) is 0 Å². The lowest BCUT2D eigenvalue weighted by Gasteiger charge is -2.38. The molecule has 0 radical (unpaired) electrons. The molecule has 0 amide bonds. The van der Waals surface area contributed by atoms with Gasteiger partial charge in [-0.15, -0.1) is 0 Å². The van der Waals surface area contributed by atoms with Gasteiger partial charge in [-0.05, 0) is 51.6 Å². The molecular weight excluding hydrogens is 200 g/mol. The maximum atomic E-state index is 5.97. The molecule has 2 aliphatic rings. The summed E-state index contributed by atoms with van der Waals surface area (Å²) in [5.41, 5.74) is 5.94. The van der Waals surface area contributed by atoms with E-state index < -0.39 is 0 Å². The maximum Gasteiger partial charge on any atom is 0.0747 e. The molecule has 3 unspecified atom stereocenters. The average Bonchev–Trinajstić information content (AvgIpc) is 2.69. The van der Waals surface area contributed by atoms with Crippen LogP contribution in [0.2, 0.25) is 0 Å². The van der Waals surface area contributed by atoms with Gasteiger partial charge in [-0.1, -0.05) is 6.92 Å². The molecule has 0 spiro atoms. The Morgan fingerprint density at radius 1 is 1.19 bits per heavy atom. The molecule has 0 aliphatic carbocycles. The second kappa shape index (κ2) is 5.48. The number of hydrogen-bond donors (Lipinski definition) is 1. The van der Waals surface area contributed by atoms with Crippen LogP contribution in [0.1, 0.15) is 39.5 Å². The highest BCUT2D eigenvalue weighted by atomic mass is 16.5. The van der Waals surface area contributed by atoms with Crippen molar-refractivity contribution in [3.8, 4) is 0 Å². The maximum absolute atomic E-state index is 5.97. The minimum absolute atomic E-state index is 0.383. The Kier molecular flexibility index (Phi) is 4.22. The van der Waals surface area contributed by atoms with E-state index in [4.69, 9.17) is 10.5 Å². The average molecular weight is 226 g/mol. The third kappa shape index (κ3) is 2.76. The summed E-state index contributed by atoms with van der Waals surface area (Å²) in [6.45, 7) is 7.68. The lowest BCUT2D eigenvalue weighted by Crippen LogP contribution is -2.51. The summed E-state index contributed by atoms with van der Waals surface area (Å²) in [4.78, 5) is 2.56. The van der Waals surface area contributed by atoms with Crippen molar-refractivity contribution in [3.05, 3.63) is 0 Å². The fraction of sp³-hybridized carbons (Fsp3) is 1.00. The molecule has 2 fully saturated rings. The van der Waals surface area contributed by atoms with E-state index in [1.54, 1.807) is 0 Å². The Bertz CT molecular complexity index is 214. The molecule has 0 aromatic heterocycles. The van der Waals surface area contributed by atoms with Crippen molar-refractivity contribution in [2.45, 2.75) is 57.8 Å². The topological polar surface area (TPSA) is 38.5 Å². The summed E-state index contributed by atoms with van der Waals surface area (Å²) in [5.74, 6) is 0.887. The minimum atomic E-state index is 0.383. The van der Waals surface area contributed by atoms with Crippen LogP contribution < -0.4 is 5.73 Å². The van der Waals surface area contributed by atoms with E-state index in [2.05, 4.69) is 18.7 Å². The summed E-state index contributed by atoms with van der Waals surface area (Å²) in [5, 5.41) is 0. The number of ether oxygens (including phenoxy) is 1. The molecule has 0 bridgehead atoms. The number of hydrogen-bond acceptors (Lipinski definition) is 3. The van der Waals surface area contributed by atoms with Crippen LogP contribution in [0.5, 0.6) is 0 Å². The van der Waals surface area contributed by atoms with E-state index in [1.165, 1.54) is 38.8 Å². The Labute approximate surface area is 99.3 Å². The van der Waals surface area contributed by atoms with E-state index in [9.17, 15) is 0 Å². The Morgan fingerprint density at radius 2 is 1.88 bits per heavy atom. The van der Waals surface area contributed by atoms with Crippen LogP contribution >= 0.6 is 0 Å². The van der Waals surface area contributed by atoms with Gasteiger partial charge in [0.2, 0.25) is 0 Å². The fourth-order valence-electron chi connectivity index (χ4n) is 3.01. The van der Waals surface area contributed by atoms with Gasteiger partial charge in [0.25, 0.3) is 0 Å². The van der Waals surface area contributed by atoms with Crippen molar-refractivity contribution in [1.82, 2.24) is 4.90 Å². The van der Waals surface area contributed by atoms with Gasteiger partial charge in [0, 0.05) is 12.6 Å². The Hall–Kier alpha value is -0.120. The van der Waals surface area contributed by atoms with Crippen LogP contribution in [0.25, 0.3) is 0 Å². The van der Waals surface area contributed by atoms with E-state index in [0.29, 0.717) is 18.2 Å². The zero-order valence-corrected chi connectivity index (χ0v) is 10.7. The quantitative estimate of drug-likeness (QED) is 0.794. The summed E-state index contributed by atoms with van der Waals surface area (Å²) in [6, 6.07) is 0.456. The van der Waals surface area contributed by atoms with Crippen molar-refractivity contribution in [2.24, 2.45) is 11.7 Å². The summed E-state index contributed by atoms with van der Waals surface area (Å²) < 4.78 is 5.97. The van der Waals surface area contributed by atoms with Crippen LogP contribution in [0.4, 0.5) is 0 Å². The molecule has 2 N–H and O–H groups in total. The fourth-order valence-corrected chi connectivity index (χ4v) is 3.01. The van der Waals surface area contributed by atoms with Gasteiger partial charge in [0.15, 0.2) is 0 Å². The molecule has 3 atom stereocenters. The molecule has 0 saturated carbocycles. The lowest BCUT2D eigenvalue weighted by atomic mass is 9.96. The first-order chi connectivity index (χ1) is 7.70. The predicted molar refractivity (Wildman–Crippen MR) is 66.4 cm³/mol. The normalized spacial score (nSPS) is 35.4. The Morgan fingerprint density at radius 3 is 2.38 bits per heavy atom. The lowest BCUT2D eigenvalue weighted by molar-refractivity contribution is -0.0129. The highest BCUT2D eigenvalue weighted by molar-refractivity contribution is 4.87. The molecule has 3 heteroatoms. The molecule has 0 aromatic rings. The van der Waals surface area contributed by atoms with E-state index >= 15 is 0 Å². The highest BCUT2D eigenvalue weighted by Crippen LogP contribution is 2.26. The molecule has 2 heterocycles. The second-order valence-corrected chi connectivity index (χ2v) is 5.58. The number of nitrogens with zero attached hydrogens (tertiary/aromatic N) is 1. The summed E-state index contributed by atoms with van der Waals surface area (Å²) >= 11 is 0. The second-order valence-electron chi connectivity index (χ2n) is 5.58. The smallest absolute Gasteiger partial charge is 0.0747 e. The Balaban J connectivity index is 1.89. The first kappa shape index (κ1) is 12.3. The molecule has 2 rings (SSSR count). The van der Waals surface area contributed by atoms with E-state index in [1.807, 2.05) is 0 Å². The van der Waals surface area contributed by atoms with Gasteiger partial charge in [-0.3, -0.25) is 4.90 Å². The summed E-state index contributed by atoms with van der Waals surface area (Å²) in [6.07, 6.45) is 5.84. The summed E-state index contributed by atoms with van der Waals surface area (Å²) in [7, 11) is 0.